The molecule has 2 rings (SSSR count). The van der Waals surface area contributed by atoms with Crippen molar-refractivity contribution in [3.05, 3.63) is 28.8 Å². The van der Waals surface area contributed by atoms with Gasteiger partial charge < -0.3 is 11.1 Å². The van der Waals surface area contributed by atoms with Crippen molar-refractivity contribution in [1.29, 1.82) is 0 Å². The number of rotatable bonds is 3. The Hall–Kier alpha value is -1.22. The summed E-state index contributed by atoms with van der Waals surface area (Å²) in [5, 5.41) is 3.39. The number of nitrogen functional groups attached to an aromatic ring is 1. The van der Waals surface area contributed by atoms with Crippen molar-refractivity contribution in [3.63, 3.8) is 0 Å². The van der Waals surface area contributed by atoms with E-state index in [1.54, 1.807) is 18.2 Å². The molecular formula is C12H15ClN2O. The van der Waals surface area contributed by atoms with Gasteiger partial charge in [0, 0.05) is 11.7 Å². The van der Waals surface area contributed by atoms with E-state index in [-0.39, 0.29) is 11.9 Å². The summed E-state index contributed by atoms with van der Waals surface area (Å²) in [5.74, 6) is 0.487. The van der Waals surface area contributed by atoms with E-state index in [2.05, 4.69) is 5.32 Å². The maximum atomic E-state index is 11.9. The maximum Gasteiger partial charge on any atom is 0.253 e. The number of nitrogens with one attached hydrogen (secondary N) is 1. The molecule has 1 aliphatic carbocycles. The Morgan fingerprint density at radius 2 is 2.25 bits per heavy atom. The molecule has 0 aromatic heterocycles. The van der Waals surface area contributed by atoms with Gasteiger partial charge in [-0.1, -0.05) is 11.6 Å². The number of nitrogens with two attached hydrogens (primary N) is 1. The normalized spacial score (nSPS) is 16.9. The number of hydrogen-bond donors (Lipinski definition) is 2. The van der Waals surface area contributed by atoms with Crippen LogP contribution in [0.1, 0.15) is 30.1 Å². The summed E-state index contributed by atoms with van der Waals surface area (Å²) in [5.41, 5.74) is 6.63. The first-order chi connectivity index (χ1) is 7.58. The fraction of sp³-hybridized carbons (Fsp3) is 0.417. The van der Waals surface area contributed by atoms with Crippen LogP contribution in [0.4, 0.5) is 5.69 Å². The SMILES string of the molecule is CC(NC(=O)c1cc(N)ccc1Cl)C1CC1. The van der Waals surface area contributed by atoms with Gasteiger partial charge in [0.05, 0.1) is 10.6 Å². The van der Waals surface area contributed by atoms with Gasteiger partial charge in [0.15, 0.2) is 0 Å². The molecule has 86 valence electrons. The lowest BCUT2D eigenvalue weighted by atomic mass is 10.1. The molecule has 0 aliphatic heterocycles. The van der Waals surface area contributed by atoms with Crippen LogP contribution in [-0.4, -0.2) is 11.9 Å². The highest BCUT2D eigenvalue weighted by Crippen LogP contribution is 2.32. The van der Waals surface area contributed by atoms with E-state index in [9.17, 15) is 4.79 Å². The molecule has 1 aromatic rings. The predicted molar refractivity (Wildman–Crippen MR) is 65.5 cm³/mol. The Morgan fingerprint density at radius 1 is 1.56 bits per heavy atom. The van der Waals surface area contributed by atoms with Crippen molar-refractivity contribution in [3.8, 4) is 0 Å². The van der Waals surface area contributed by atoms with E-state index >= 15 is 0 Å². The monoisotopic (exact) mass is 238 g/mol. The van der Waals surface area contributed by atoms with Crippen molar-refractivity contribution in [2.75, 3.05) is 5.73 Å². The molecular weight excluding hydrogens is 224 g/mol. The highest BCUT2D eigenvalue weighted by Gasteiger charge is 2.29. The summed E-state index contributed by atoms with van der Waals surface area (Å²) in [4.78, 5) is 11.9. The molecule has 16 heavy (non-hydrogen) atoms. The van der Waals surface area contributed by atoms with Crippen molar-refractivity contribution < 1.29 is 4.79 Å². The average Bonchev–Trinajstić information content (AvgIpc) is 3.04. The van der Waals surface area contributed by atoms with Gasteiger partial charge in [0.2, 0.25) is 0 Å². The van der Waals surface area contributed by atoms with Crippen LogP contribution in [0.5, 0.6) is 0 Å². The first kappa shape index (κ1) is 11.3. The molecule has 0 spiro atoms. The molecule has 1 amide bonds. The summed E-state index contributed by atoms with van der Waals surface area (Å²) in [7, 11) is 0. The number of carbonyl (C=O) groups excluding carboxylic acids is 1. The minimum Gasteiger partial charge on any atom is -0.399 e. The molecule has 3 nitrogen and oxygen atoms in total. The standard InChI is InChI=1S/C12H15ClN2O/c1-7(8-2-3-8)15-12(16)10-6-9(14)4-5-11(10)13/h4-8H,2-3,14H2,1H3,(H,15,16). The lowest BCUT2D eigenvalue weighted by Gasteiger charge is -2.13. The molecule has 4 heteroatoms. The van der Waals surface area contributed by atoms with E-state index in [0.29, 0.717) is 22.2 Å². The highest BCUT2D eigenvalue weighted by molar-refractivity contribution is 6.34. The summed E-state index contributed by atoms with van der Waals surface area (Å²) >= 11 is 5.95. The number of carbonyl (C=O) groups is 1. The molecule has 0 saturated heterocycles. The second-order valence-corrected chi connectivity index (χ2v) is 4.75. The second kappa shape index (κ2) is 4.34. The summed E-state index contributed by atoms with van der Waals surface area (Å²) in [6, 6.07) is 5.15. The van der Waals surface area contributed by atoms with Crippen molar-refractivity contribution in [1.82, 2.24) is 5.32 Å². The molecule has 1 aromatic carbocycles. The van der Waals surface area contributed by atoms with Gasteiger partial charge in [-0.25, -0.2) is 0 Å². The van der Waals surface area contributed by atoms with Crippen molar-refractivity contribution >= 4 is 23.2 Å². The average molecular weight is 239 g/mol. The zero-order valence-electron chi connectivity index (χ0n) is 9.16. The number of halogens is 1. The lowest BCUT2D eigenvalue weighted by Crippen LogP contribution is -2.34. The number of amides is 1. The van der Waals surface area contributed by atoms with Crippen LogP contribution in [-0.2, 0) is 0 Å². The maximum absolute atomic E-state index is 11.9. The van der Waals surface area contributed by atoms with Crippen molar-refractivity contribution in [2.45, 2.75) is 25.8 Å². The van der Waals surface area contributed by atoms with E-state index in [0.717, 1.165) is 0 Å². The van der Waals surface area contributed by atoms with Crippen LogP contribution in [0, 0.1) is 5.92 Å². The van der Waals surface area contributed by atoms with E-state index in [1.165, 1.54) is 12.8 Å². The van der Waals surface area contributed by atoms with Gasteiger partial charge in [0.1, 0.15) is 0 Å². The van der Waals surface area contributed by atoms with Crippen LogP contribution in [0.3, 0.4) is 0 Å². The molecule has 0 heterocycles. The molecule has 0 bridgehead atoms. The Bertz CT molecular complexity index is 415. The van der Waals surface area contributed by atoms with E-state index < -0.39 is 0 Å². The molecule has 1 atom stereocenters. The van der Waals surface area contributed by atoms with Gasteiger partial charge in [-0.2, -0.15) is 0 Å². The highest BCUT2D eigenvalue weighted by atomic mass is 35.5. The first-order valence-electron chi connectivity index (χ1n) is 5.44. The van der Waals surface area contributed by atoms with E-state index in [1.807, 2.05) is 6.92 Å². The number of benzene rings is 1. The van der Waals surface area contributed by atoms with Crippen LogP contribution in [0.25, 0.3) is 0 Å². The Morgan fingerprint density at radius 3 is 2.88 bits per heavy atom. The summed E-state index contributed by atoms with van der Waals surface area (Å²) in [6.45, 7) is 2.02. The molecule has 1 unspecified atom stereocenters. The largest absolute Gasteiger partial charge is 0.399 e. The molecule has 1 fully saturated rings. The molecule has 0 radical (unpaired) electrons. The Kier molecular flexibility index (Phi) is 3.06. The van der Waals surface area contributed by atoms with Crippen LogP contribution in [0.2, 0.25) is 5.02 Å². The zero-order valence-corrected chi connectivity index (χ0v) is 9.92. The van der Waals surface area contributed by atoms with Crippen LogP contribution < -0.4 is 11.1 Å². The number of anilines is 1. The third-order valence-electron chi connectivity index (χ3n) is 2.92. The summed E-state index contributed by atoms with van der Waals surface area (Å²) in [6.07, 6.45) is 2.40. The lowest BCUT2D eigenvalue weighted by molar-refractivity contribution is 0.0936. The van der Waals surface area contributed by atoms with Gasteiger partial charge in [-0.05, 0) is 43.9 Å². The molecule has 1 aliphatic rings. The van der Waals surface area contributed by atoms with Gasteiger partial charge in [0.25, 0.3) is 5.91 Å². The van der Waals surface area contributed by atoms with Crippen molar-refractivity contribution in [2.24, 2.45) is 5.92 Å². The zero-order chi connectivity index (χ0) is 11.7. The van der Waals surface area contributed by atoms with Crippen LogP contribution in [0.15, 0.2) is 18.2 Å². The smallest absolute Gasteiger partial charge is 0.253 e. The van der Waals surface area contributed by atoms with Crippen LogP contribution >= 0.6 is 11.6 Å². The third kappa shape index (κ3) is 2.47. The van der Waals surface area contributed by atoms with Gasteiger partial charge in [-0.3, -0.25) is 4.79 Å². The fourth-order valence-electron chi connectivity index (χ4n) is 1.72. The minimum atomic E-state index is -0.142. The molecule has 3 N–H and O–H groups in total. The minimum absolute atomic E-state index is 0.142. The fourth-order valence-corrected chi connectivity index (χ4v) is 1.92. The van der Waals surface area contributed by atoms with Gasteiger partial charge in [-0.15, -0.1) is 0 Å². The predicted octanol–water partition coefficient (Wildman–Crippen LogP) is 2.45. The Labute approximate surface area is 100.0 Å². The topological polar surface area (TPSA) is 55.1 Å². The second-order valence-electron chi connectivity index (χ2n) is 4.34. The third-order valence-corrected chi connectivity index (χ3v) is 3.25. The Balaban J connectivity index is 2.10. The van der Waals surface area contributed by atoms with Gasteiger partial charge >= 0.3 is 0 Å². The quantitative estimate of drug-likeness (QED) is 0.795. The van der Waals surface area contributed by atoms with E-state index in [4.69, 9.17) is 17.3 Å². The molecule has 1 saturated carbocycles. The number of hydrogen-bond acceptors (Lipinski definition) is 2. The first-order valence-corrected chi connectivity index (χ1v) is 5.81. The summed E-state index contributed by atoms with van der Waals surface area (Å²) < 4.78 is 0.